The number of allylic oxidation sites excluding steroid dienone is 2. The zero-order valence-corrected chi connectivity index (χ0v) is 10.5. The molecule has 0 aromatic heterocycles. The summed E-state index contributed by atoms with van der Waals surface area (Å²) in [5, 5.41) is 0. The molecule has 0 radical (unpaired) electrons. The van der Waals surface area contributed by atoms with Gasteiger partial charge in [-0.25, -0.2) is 0 Å². The van der Waals surface area contributed by atoms with E-state index in [0.717, 1.165) is 30.6 Å². The van der Waals surface area contributed by atoms with Gasteiger partial charge >= 0.3 is 0 Å². The smallest absolute Gasteiger partial charge is 0.155 e. The van der Waals surface area contributed by atoms with Crippen molar-refractivity contribution < 1.29 is 4.79 Å². The molecule has 1 rings (SSSR count). The largest absolute Gasteiger partial charge is 0.295 e. The average molecular weight is 208 g/mol. The standard InChI is InChI=1S/C14H24O/c1-10(2)9-14(11(3)4)12-5-7-13(15)8-6-12/h5,7,10-12,14H,6,8-9H2,1-4H3. The van der Waals surface area contributed by atoms with Crippen LogP contribution in [0.4, 0.5) is 0 Å². The molecular formula is C14H24O. The van der Waals surface area contributed by atoms with Crippen LogP contribution in [0, 0.1) is 23.7 Å². The molecule has 0 spiro atoms. The van der Waals surface area contributed by atoms with E-state index in [0.29, 0.717) is 11.7 Å². The molecule has 2 unspecified atom stereocenters. The third-order valence-corrected chi connectivity index (χ3v) is 3.40. The van der Waals surface area contributed by atoms with Crippen molar-refractivity contribution in [2.75, 3.05) is 0 Å². The molecule has 0 aliphatic heterocycles. The molecule has 0 N–H and O–H groups in total. The zero-order valence-electron chi connectivity index (χ0n) is 10.5. The van der Waals surface area contributed by atoms with Gasteiger partial charge in [-0.05, 0) is 42.6 Å². The van der Waals surface area contributed by atoms with Gasteiger partial charge in [0, 0.05) is 6.42 Å². The average Bonchev–Trinajstić information content (AvgIpc) is 2.15. The van der Waals surface area contributed by atoms with Crippen LogP contribution in [-0.4, -0.2) is 5.78 Å². The molecule has 1 aliphatic carbocycles. The Bertz CT molecular complexity index is 238. The summed E-state index contributed by atoms with van der Waals surface area (Å²) in [5.74, 6) is 3.15. The van der Waals surface area contributed by atoms with E-state index in [9.17, 15) is 4.79 Å². The molecule has 0 aromatic rings. The highest BCUT2D eigenvalue weighted by Crippen LogP contribution is 2.33. The Morgan fingerprint density at radius 1 is 1.33 bits per heavy atom. The first-order valence-electron chi connectivity index (χ1n) is 6.21. The molecule has 0 saturated carbocycles. The summed E-state index contributed by atoms with van der Waals surface area (Å²) in [6, 6.07) is 0. The van der Waals surface area contributed by atoms with Crippen LogP contribution < -0.4 is 0 Å². The first-order chi connectivity index (χ1) is 7.00. The van der Waals surface area contributed by atoms with Gasteiger partial charge in [-0.15, -0.1) is 0 Å². The van der Waals surface area contributed by atoms with Crippen LogP contribution in [0.15, 0.2) is 12.2 Å². The van der Waals surface area contributed by atoms with E-state index in [1.165, 1.54) is 6.42 Å². The predicted octanol–water partition coefficient (Wildman–Crippen LogP) is 3.84. The van der Waals surface area contributed by atoms with Crippen LogP contribution in [-0.2, 0) is 4.79 Å². The molecule has 0 heterocycles. The number of carbonyl (C=O) groups is 1. The maximum atomic E-state index is 11.1. The van der Waals surface area contributed by atoms with Crippen molar-refractivity contribution in [2.24, 2.45) is 23.7 Å². The molecule has 0 amide bonds. The Balaban J connectivity index is 2.64. The molecule has 0 saturated heterocycles. The van der Waals surface area contributed by atoms with Crippen molar-refractivity contribution in [1.82, 2.24) is 0 Å². The summed E-state index contributed by atoms with van der Waals surface area (Å²) >= 11 is 0. The van der Waals surface area contributed by atoms with Gasteiger partial charge in [0.15, 0.2) is 5.78 Å². The molecule has 2 atom stereocenters. The normalized spacial score (nSPS) is 23.9. The van der Waals surface area contributed by atoms with Crippen molar-refractivity contribution in [2.45, 2.75) is 47.0 Å². The fourth-order valence-electron chi connectivity index (χ4n) is 2.56. The summed E-state index contributed by atoms with van der Waals surface area (Å²) in [4.78, 5) is 11.1. The van der Waals surface area contributed by atoms with E-state index >= 15 is 0 Å². The number of hydrogen-bond acceptors (Lipinski definition) is 1. The molecule has 15 heavy (non-hydrogen) atoms. The third-order valence-electron chi connectivity index (χ3n) is 3.40. The number of hydrogen-bond donors (Lipinski definition) is 0. The highest BCUT2D eigenvalue weighted by Gasteiger charge is 2.25. The molecule has 0 aromatic carbocycles. The Kier molecular flexibility index (Phi) is 4.56. The maximum absolute atomic E-state index is 11.1. The highest BCUT2D eigenvalue weighted by molar-refractivity contribution is 5.90. The van der Waals surface area contributed by atoms with Crippen LogP contribution in [0.3, 0.4) is 0 Å². The molecule has 0 fully saturated rings. The van der Waals surface area contributed by atoms with E-state index in [1.807, 2.05) is 0 Å². The second-order valence-electron chi connectivity index (χ2n) is 5.57. The third kappa shape index (κ3) is 3.81. The minimum atomic E-state index is 0.304. The first-order valence-corrected chi connectivity index (χ1v) is 6.21. The topological polar surface area (TPSA) is 17.1 Å². The second kappa shape index (κ2) is 5.48. The molecule has 0 bridgehead atoms. The Morgan fingerprint density at radius 3 is 2.40 bits per heavy atom. The van der Waals surface area contributed by atoms with Crippen molar-refractivity contribution >= 4 is 5.78 Å². The van der Waals surface area contributed by atoms with E-state index < -0.39 is 0 Å². The molecule has 1 nitrogen and oxygen atoms in total. The van der Waals surface area contributed by atoms with Crippen molar-refractivity contribution in [3.05, 3.63) is 12.2 Å². The van der Waals surface area contributed by atoms with Gasteiger partial charge in [-0.3, -0.25) is 4.79 Å². The van der Waals surface area contributed by atoms with Crippen LogP contribution in [0.5, 0.6) is 0 Å². The lowest BCUT2D eigenvalue weighted by Gasteiger charge is -2.31. The lowest BCUT2D eigenvalue weighted by molar-refractivity contribution is -0.115. The molecular weight excluding hydrogens is 184 g/mol. The number of rotatable bonds is 4. The lowest BCUT2D eigenvalue weighted by atomic mass is 9.74. The molecule has 1 aliphatic rings. The van der Waals surface area contributed by atoms with E-state index in [4.69, 9.17) is 0 Å². The summed E-state index contributed by atoms with van der Waals surface area (Å²) in [6.07, 6.45) is 7.04. The van der Waals surface area contributed by atoms with Crippen molar-refractivity contribution in [3.63, 3.8) is 0 Å². The van der Waals surface area contributed by atoms with Gasteiger partial charge in [0.05, 0.1) is 0 Å². The Labute approximate surface area is 93.9 Å². The summed E-state index contributed by atoms with van der Waals surface area (Å²) in [5.41, 5.74) is 0. The monoisotopic (exact) mass is 208 g/mol. The Hall–Kier alpha value is -0.590. The Morgan fingerprint density at radius 2 is 2.00 bits per heavy atom. The molecule has 1 heteroatoms. The van der Waals surface area contributed by atoms with Gasteiger partial charge < -0.3 is 0 Å². The van der Waals surface area contributed by atoms with E-state index in [2.05, 4.69) is 33.8 Å². The summed E-state index contributed by atoms with van der Waals surface area (Å²) in [7, 11) is 0. The maximum Gasteiger partial charge on any atom is 0.155 e. The minimum Gasteiger partial charge on any atom is -0.295 e. The predicted molar refractivity (Wildman–Crippen MR) is 64.7 cm³/mol. The van der Waals surface area contributed by atoms with E-state index in [-0.39, 0.29) is 0 Å². The fraction of sp³-hybridized carbons (Fsp3) is 0.786. The summed E-state index contributed by atoms with van der Waals surface area (Å²) in [6.45, 7) is 9.18. The minimum absolute atomic E-state index is 0.304. The lowest BCUT2D eigenvalue weighted by Crippen LogP contribution is -2.23. The van der Waals surface area contributed by atoms with Gasteiger partial charge in [-0.1, -0.05) is 33.8 Å². The van der Waals surface area contributed by atoms with Crippen LogP contribution in [0.2, 0.25) is 0 Å². The zero-order chi connectivity index (χ0) is 11.4. The van der Waals surface area contributed by atoms with Crippen molar-refractivity contribution in [1.29, 1.82) is 0 Å². The summed E-state index contributed by atoms with van der Waals surface area (Å²) < 4.78 is 0. The van der Waals surface area contributed by atoms with E-state index in [1.54, 1.807) is 6.08 Å². The number of carbonyl (C=O) groups excluding carboxylic acids is 1. The van der Waals surface area contributed by atoms with Crippen LogP contribution in [0.1, 0.15) is 47.0 Å². The van der Waals surface area contributed by atoms with Gasteiger partial charge in [0.2, 0.25) is 0 Å². The number of ketones is 1. The van der Waals surface area contributed by atoms with Gasteiger partial charge in [0.25, 0.3) is 0 Å². The fourth-order valence-corrected chi connectivity index (χ4v) is 2.56. The molecule has 86 valence electrons. The van der Waals surface area contributed by atoms with Crippen LogP contribution >= 0.6 is 0 Å². The SMILES string of the molecule is CC(C)CC(C(C)C)C1C=CC(=O)CC1. The van der Waals surface area contributed by atoms with Crippen LogP contribution in [0.25, 0.3) is 0 Å². The van der Waals surface area contributed by atoms with Gasteiger partial charge in [0.1, 0.15) is 0 Å². The quantitative estimate of drug-likeness (QED) is 0.686. The highest BCUT2D eigenvalue weighted by atomic mass is 16.1. The second-order valence-corrected chi connectivity index (χ2v) is 5.57. The first kappa shape index (κ1) is 12.5. The van der Waals surface area contributed by atoms with Crippen molar-refractivity contribution in [3.8, 4) is 0 Å². The van der Waals surface area contributed by atoms with Gasteiger partial charge in [-0.2, -0.15) is 0 Å².